The lowest BCUT2D eigenvalue weighted by atomic mass is 10.2. The van der Waals surface area contributed by atoms with Crippen molar-refractivity contribution in [3.8, 4) is 5.82 Å². The first-order valence-electron chi connectivity index (χ1n) is 6.79. The number of pyridine rings is 1. The van der Waals surface area contributed by atoms with Gasteiger partial charge in [-0.05, 0) is 43.1 Å². The van der Waals surface area contributed by atoms with Gasteiger partial charge in [0, 0.05) is 25.1 Å². The molecule has 0 radical (unpaired) electrons. The first-order chi connectivity index (χ1) is 9.83. The van der Waals surface area contributed by atoms with Crippen molar-refractivity contribution in [3.05, 3.63) is 42.4 Å². The highest BCUT2D eigenvalue weighted by molar-refractivity contribution is 5.85. The Morgan fingerprint density at radius 1 is 1.41 bits per heavy atom. The molecular formula is C14H19Cl2N5O. The fourth-order valence-electron chi connectivity index (χ4n) is 2.32. The van der Waals surface area contributed by atoms with E-state index in [0.29, 0.717) is 6.54 Å². The molecule has 1 atom stereocenters. The molecule has 2 N–H and O–H groups in total. The number of carbonyl (C=O) groups excluding carboxylic acids is 1. The Labute approximate surface area is 141 Å². The van der Waals surface area contributed by atoms with Crippen molar-refractivity contribution in [2.24, 2.45) is 0 Å². The maximum Gasteiger partial charge on any atom is 0.237 e. The van der Waals surface area contributed by atoms with Gasteiger partial charge in [-0.25, -0.2) is 9.67 Å². The zero-order valence-corrected chi connectivity index (χ0v) is 13.6. The van der Waals surface area contributed by atoms with Crippen LogP contribution in [0.5, 0.6) is 0 Å². The lowest BCUT2D eigenvalue weighted by molar-refractivity contribution is -0.122. The van der Waals surface area contributed by atoms with Crippen LogP contribution < -0.4 is 10.6 Å². The van der Waals surface area contributed by atoms with E-state index in [9.17, 15) is 4.79 Å². The molecule has 1 fully saturated rings. The highest BCUT2D eigenvalue weighted by Gasteiger charge is 2.21. The summed E-state index contributed by atoms with van der Waals surface area (Å²) in [5, 5.41) is 10.3. The molecule has 2 aromatic rings. The van der Waals surface area contributed by atoms with Crippen LogP contribution >= 0.6 is 24.8 Å². The Balaban J connectivity index is 0.00000121. The molecule has 3 heterocycles. The molecule has 1 aliphatic heterocycles. The fraction of sp³-hybridized carbons (Fsp3) is 0.357. The van der Waals surface area contributed by atoms with Crippen LogP contribution in [-0.2, 0) is 11.3 Å². The molecule has 0 spiro atoms. The van der Waals surface area contributed by atoms with Crippen LogP contribution in [0.2, 0.25) is 0 Å². The highest BCUT2D eigenvalue weighted by atomic mass is 35.5. The second kappa shape index (κ2) is 8.73. The predicted molar refractivity (Wildman–Crippen MR) is 88.7 cm³/mol. The van der Waals surface area contributed by atoms with Gasteiger partial charge in [0.05, 0.1) is 6.04 Å². The minimum absolute atomic E-state index is 0. The fourth-order valence-corrected chi connectivity index (χ4v) is 2.32. The number of rotatable bonds is 4. The van der Waals surface area contributed by atoms with Crippen molar-refractivity contribution in [2.45, 2.75) is 25.4 Å². The molecule has 1 unspecified atom stereocenters. The van der Waals surface area contributed by atoms with E-state index in [1.54, 1.807) is 17.1 Å². The summed E-state index contributed by atoms with van der Waals surface area (Å²) in [5.74, 6) is 0.820. The third kappa shape index (κ3) is 4.43. The molecule has 0 bridgehead atoms. The summed E-state index contributed by atoms with van der Waals surface area (Å²) in [6.45, 7) is 1.44. The predicted octanol–water partition coefficient (Wildman–Crippen LogP) is 1.48. The number of nitrogens with one attached hydrogen (secondary N) is 2. The molecule has 6 nitrogen and oxygen atoms in total. The van der Waals surface area contributed by atoms with Crippen molar-refractivity contribution in [3.63, 3.8) is 0 Å². The summed E-state index contributed by atoms with van der Waals surface area (Å²) < 4.78 is 1.70. The number of hydrogen-bond donors (Lipinski definition) is 2. The summed E-state index contributed by atoms with van der Waals surface area (Å²) in [4.78, 5) is 16.2. The van der Waals surface area contributed by atoms with Crippen molar-refractivity contribution in [1.29, 1.82) is 0 Å². The van der Waals surface area contributed by atoms with Gasteiger partial charge in [-0.1, -0.05) is 0 Å². The minimum atomic E-state index is -0.0394. The molecule has 8 heteroatoms. The standard InChI is InChI=1S/C14H17N5O.2ClH/c20-14(12-3-1-5-15-12)17-10-11-4-7-16-13(9-11)19-8-2-6-18-19;;/h2,4,6-9,12,15H,1,3,5,10H2,(H,17,20);2*1H. The second-order valence-corrected chi connectivity index (χ2v) is 4.84. The summed E-state index contributed by atoms with van der Waals surface area (Å²) in [7, 11) is 0. The van der Waals surface area contributed by atoms with Gasteiger partial charge in [-0.15, -0.1) is 24.8 Å². The highest BCUT2D eigenvalue weighted by Crippen LogP contribution is 2.08. The van der Waals surface area contributed by atoms with E-state index in [1.807, 2.05) is 24.4 Å². The van der Waals surface area contributed by atoms with Gasteiger partial charge >= 0.3 is 0 Å². The lowest BCUT2D eigenvalue weighted by Crippen LogP contribution is -2.40. The van der Waals surface area contributed by atoms with E-state index < -0.39 is 0 Å². The summed E-state index contributed by atoms with van der Waals surface area (Å²) >= 11 is 0. The Bertz CT molecular complexity index is 585. The number of nitrogens with zero attached hydrogens (tertiary/aromatic N) is 3. The quantitative estimate of drug-likeness (QED) is 0.881. The number of halogens is 2. The van der Waals surface area contributed by atoms with Crippen molar-refractivity contribution in [2.75, 3.05) is 6.54 Å². The largest absolute Gasteiger partial charge is 0.351 e. The van der Waals surface area contributed by atoms with E-state index in [2.05, 4.69) is 20.7 Å². The first kappa shape index (κ1) is 18.4. The molecule has 0 aromatic carbocycles. The number of amides is 1. The zero-order chi connectivity index (χ0) is 13.8. The maximum absolute atomic E-state index is 11.9. The molecule has 120 valence electrons. The van der Waals surface area contributed by atoms with Gasteiger partial charge in [0.1, 0.15) is 0 Å². The maximum atomic E-state index is 11.9. The van der Waals surface area contributed by atoms with Crippen LogP contribution in [0.15, 0.2) is 36.8 Å². The van der Waals surface area contributed by atoms with E-state index in [4.69, 9.17) is 0 Å². The molecule has 0 aliphatic carbocycles. The topological polar surface area (TPSA) is 71.8 Å². The average Bonchev–Trinajstić information content (AvgIpc) is 3.17. The van der Waals surface area contributed by atoms with Crippen LogP contribution in [0.25, 0.3) is 5.82 Å². The SMILES string of the molecule is Cl.Cl.O=C(NCc1ccnc(-n2cccn2)c1)C1CCCN1. The lowest BCUT2D eigenvalue weighted by Gasteiger charge is -2.11. The molecule has 1 amide bonds. The summed E-state index contributed by atoms with van der Waals surface area (Å²) in [6.07, 6.45) is 7.26. The first-order valence-corrected chi connectivity index (χ1v) is 6.79. The molecule has 3 rings (SSSR count). The van der Waals surface area contributed by atoms with Crippen LogP contribution in [0, 0.1) is 0 Å². The number of aromatic nitrogens is 3. The van der Waals surface area contributed by atoms with E-state index in [0.717, 1.165) is 30.8 Å². The van der Waals surface area contributed by atoms with Crippen molar-refractivity contribution < 1.29 is 4.79 Å². The van der Waals surface area contributed by atoms with Gasteiger partial charge in [-0.3, -0.25) is 4.79 Å². The summed E-state index contributed by atoms with van der Waals surface area (Å²) in [6, 6.07) is 5.63. The molecule has 0 saturated carbocycles. The molecule has 1 aliphatic rings. The monoisotopic (exact) mass is 343 g/mol. The van der Waals surface area contributed by atoms with Crippen LogP contribution in [0.3, 0.4) is 0 Å². The normalized spacial score (nSPS) is 16.5. The van der Waals surface area contributed by atoms with Crippen LogP contribution in [0.1, 0.15) is 18.4 Å². The third-order valence-corrected chi connectivity index (χ3v) is 3.39. The van der Waals surface area contributed by atoms with Gasteiger partial charge in [0.25, 0.3) is 0 Å². The second-order valence-electron chi connectivity index (χ2n) is 4.84. The van der Waals surface area contributed by atoms with Crippen molar-refractivity contribution in [1.82, 2.24) is 25.4 Å². The Morgan fingerprint density at radius 2 is 2.27 bits per heavy atom. The van der Waals surface area contributed by atoms with Gasteiger partial charge in [-0.2, -0.15) is 5.10 Å². The zero-order valence-electron chi connectivity index (χ0n) is 11.9. The van der Waals surface area contributed by atoms with Gasteiger partial charge < -0.3 is 10.6 Å². The minimum Gasteiger partial charge on any atom is -0.351 e. The van der Waals surface area contributed by atoms with Crippen LogP contribution in [-0.4, -0.2) is 33.3 Å². The average molecular weight is 344 g/mol. The molecule has 22 heavy (non-hydrogen) atoms. The van der Waals surface area contributed by atoms with Gasteiger partial charge in [0.2, 0.25) is 5.91 Å². The van der Waals surface area contributed by atoms with Crippen molar-refractivity contribution >= 4 is 30.7 Å². The third-order valence-electron chi connectivity index (χ3n) is 3.39. The Kier molecular flexibility index (Phi) is 7.31. The van der Waals surface area contributed by atoms with E-state index >= 15 is 0 Å². The Morgan fingerprint density at radius 3 is 2.95 bits per heavy atom. The van der Waals surface area contributed by atoms with E-state index in [1.165, 1.54) is 0 Å². The smallest absolute Gasteiger partial charge is 0.237 e. The molecular weight excluding hydrogens is 325 g/mol. The molecule has 1 saturated heterocycles. The Hall–Kier alpha value is -1.63. The number of carbonyl (C=O) groups is 1. The number of hydrogen-bond acceptors (Lipinski definition) is 4. The molecule has 2 aromatic heterocycles. The van der Waals surface area contributed by atoms with Gasteiger partial charge in [0.15, 0.2) is 5.82 Å². The summed E-state index contributed by atoms with van der Waals surface area (Å²) in [5.41, 5.74) is 1.01. The van der Waals surface area contributed by atoms with Crippen LogP contribution in [0.4, 0.5) is 0 Å². The van der Waals surface area contributed by atoms with E-state index in [-0.39, 0.29) is 36.8 Å².